The van der Waals surface area contributed by atoms with E-state index in [-0.39, 0.29) is 17.8 Å². The minimum Gasteiger partial charge on any atom is -0.392 e. The van der Waals surface area contributed by atoms with Crippen molar-refractivity contribution in [3.05, 3.63) is 0 Å². The molecule has 0 aromatic rings. The molecule has 2 saturated carbocycles. The molecular weight excluding hydrogens is 156 g/mol. The maximum absolute atomic E-state index is 9.70. The predicted molar refractivity (Wildman–Crippen MR) is 43.4 cm³/mol. The van der Waals surface area contributed by atoms with Crippen LogP contribution in [0.1, 0.15) is 19.8 Å². The standard InChI is InChI=1S/C9H16O3/c1-2-4-5-3-6(7(4)10)9(12)8(5)11/h4-12H,2-3H2,1H3. The Morgan fingerprint density at radius 2 is 1.58 bits per heavy atom. The van der Waals surface area contributed by atoms with Gasteiger partial charge in [-0.1, -0.05) is 13.3 Å². The van der Waals surface area contributed by atoms with Crippen LogP contribution in [0, 0.1) is 17.8 Å². The molecule has 6 unspecified atom stereocenters. The lowest BCUT2D eigenvalue weighted by Gasteiger charge is -2.33. The molecule has 0 saturated heterocycles. The Kier molecular flexibility index (Phi) is 1.90. The third-order valence-electron chi connectivity index (χ3n) is 3.67. The molecule has 0 spiro atoms. The smallest absolute Gasteiger partial charge is 0.0854 e. The fourth-order valence-corrected chi connectivity index (χ4v) is 2.98. The zero-order valence-corrected chi connectivity index (χ0v) is 7.22. The van der Waals surface area contributed by atoms with Crippen LogP contribution in [0.3, 0.4) is 0 Å². The number of hydrogen-bond acceptors (Lipinski definition) is 3. The highest BCUT2D eigenvalue weighted by atomic mass is 16.3. The highest BCUT2D eigenvalue weighted by Crippen LogP contribution is 2.49. The van der Waals surface area contributed by atoms with Gasteiger partial charge in [-0.05, 0) is 18.3 Å². The SMILES string of the molecule is CCC1C(O)C2CC1C(O)C2O. The van der Waals surface area contributed by atoms with E-state index in [9.17, 15) is 15.3 Å². The van der Waals surface area contributed by atoms with Gasteiger partial charge in [-0.2, -0.15) is 0 Å². The summed E-state index contributed by atoms with van der Waals surface area (Å²) < 4.78 is 0. The first-order valence-corrected chi connectivity index (χ1v) is 4.71. The molecule has 0 aromatic carbocycles. The molecule has 2 fully saturated rings. The predicted octanol–water partition coefficient (Wildman–Crippen LogP) is -0.255. The average Bonchev–Trinajstić information content (AvgIpc) is 2.51. The van der Waals surface area contributed by atoms with Gasteiger partial charge in [0.2, 0.25) is 0 Å². The number of hydrogen-bond donors (Lipinski definition) is 3. The number of fused-ring (bicyclic) bond motifs is 2. The van der Waals surface area contributed by atoms with E-state index in [4.69, 9.17) is 0 Å². The van der Waals surface area contributed by atoms with E-state index in [0.717, 1.165) is 12.8 Å². The Labute approximate surface area is 72.0 Å². The maximum atomic E-state index is 9.70. The van der Waals surface area contributed by atoms with Crippen molar-refractivity contribution >= 4 is 0 Å². The number of aliphatic hydroxyl groups excluding tert-OH is 3. The van der Waals surface area contributed by atoms with Crippen LogP contribution in [0.2, 0.25) is 0 Å². The molecule has 2 aliphatic rings. The van der Waals surface area contributed by atoms with Crippen molar-refractivity contribution in [1.82, 2.24) is 0 Å². The number of rotatable bonds is 1. The molecule has 0 aliphatic heterocycles. The Morgan fingerprint density at radius 3 is 2.08 bits per heavy atom. The average molecular weight is 172 g/mol. The van der Waals surface area contributed by atoms with Crippen LogP contribution in [0.15, 0.2) is 0 Å². The molecule has 2 aliphatic carbocycles. The van der Waals surface area contributed by atoms with Crippen molar-refractivity contribution in [2.45, 2.75) is 38.1 Å². The zero-order valence-electron chi connectivity index (χ0n) is 7.22. The molecule has 0 heterocycles. The first-order chi connectivity index (χ1) is 5.66. The molecule has 0 amide bonds. The van der Waals surface area contributed by atoms with Gasteiger partial charge in [-0.15, -0.1) is 0 Å². The van der Waals surface area contributed by atoms with Gasteiger partial charge in [-0.25, -0.2) is 0 Å². The zero-order chi connectivity index (χ0) is 8.88. The summed E-state index contributed by atoms with van der Waals surface area (Å²) in [6.07, 6.45) is 0.0169. The summed E-state index contributed by atoms with van der Waals surface area (Å²) in [5.74, 6) is 0.258. The minimum absolute atomic E-state index is 0.0741. The lowest BCUT2D eigenvalue weighted by atomic mass is 9.81. The normalized spacial score (nSPS) is 58.0. The van der Waals surface area contributed by atoms with Crippen molar-refractivity contribution in [2.24, 2.45) is 17.8 Å². The summed E-state index contributed by atoms with van der Waals surface area (Å²) in [6, 6.07) is 0. The molecule has 0 aromatic heterocycles. The molecule has 3 nitrogen and oxygen atoms in total. The quantitative estimate of drug-likeness (QED) is 0.511. The first kappa shape index (κ1) is 8.48. The van der Waals surface area contributed by atoms with Gasteiger partial charge in [0.1, 0.15) is 0 Å². The van der Waals surface area contributed by atoms with E-state index in [1.54, 1.807) is 0 Å². The second-order valence-corrected chi connectivity index (χ2v) is 4.11. The third-order valence-corrected chi connectivity index (χ3v) is 3.67. The van der Waals surface area contributed by atoms with Crippen molar-refractivity contribution < 1.29 is 15.3 Å². The van der Waals surface area contributed by atoms with Gasteiger partial charge in [0.05, 0.1) is 18.3 Å². The topological polar surface area (TPSA) is 60.7 Å². The van der Waals surface area contributed by atoms with Crippen LogP contribution in [0.25, 0.3) is 0 Å². The highest BCUT2D eigenvalue weighted by molar-refractivity contribution is 5.05. The maximum Gasteiger partial charge on any atom is 0.0854 e. The van der Waals surface area contributed by atoms with Crippen molar-refractivity contribution in [2.75, 3.05) is 0 Å². The molecule has 0 radical (unpaired) electrons. The van der Waals surface area contributed by atoms with Crippen LogP contribution in [0.4, 0.5) is 0 Å². The van der Waals surface area contributed by atoms with E-state index >= 15 is 0 Å². The van der Waals surface area contributed by atoms with Crippen molar-refractivity contribution in [3.8, 4) is 0 Å². The lowest BCUT2D eigenvalue weighted by Crippen LogP contribution is -2.44. The van der Waals surface area contributed by atoms with Crippen LogP contribution >= 0.6 is 0 Å². The Hall–Kier alpha value is -0.120. The Bertz CT molecular complexity index is 181. The fraction of sp³-hybridized carbons (Fsp3) is 1.00. The van der Waals surface area contributed by atoms with Gasteiger partial charge in [0, 0.05) is 5.92 Å². The molecule has 2 bridgehead atoms. The van der Waals surface area contributed by atoms with Crippen LogP contribution in [-0.4, -0.2) is 33.6 Å². The van der Waals surface area contributed by atoms with Crippen LogP contribution in [0.5, 0.6) is 0 Å². The van der Waals surface area contributed by atoms with Gasteiger partial charge >= 0.3 is 0 Å². The third kappa shape index (κ3) is 0.873. The molecule has 12 heavy (non-hydrogen) atoms. The van der Waals surface area contributed by atoms with Gasteiger partial charge in [-0.3, -0.25) is 0 Å². The highest BCUT2D eigenvalue weighted by Gasteiger charge is 2.56. The fourth-order valence-electron chi connectivity index (χ4n) is 2.98. The summed E-state index contributed by atoms with van der Waals surface area (Å²) >= 11 is 0. The van der Waals surface area contributed by atoms with E-state index < -0.39 is 18.3 Å². The van der Waals surface area contributed by atoms with Crippen LogP contribution in [-0.2, 0) is 0 Å². The molecular formula is C9H16O3. The molecule has 3 heteroatoms. The monoisotopic (exact) mass is 172 g/mol. The molecule has 2 rings (SSSR count). The largest absolute Gasteiger partial charge is 0.392 e. The van der Waals surface area contributed by atoms with Crippen LogP contribution < -0.4 is 0 Å². The molecule has 6 atom stereocenters. The van der Waals surface area contributed by atoms with Gasteiger partial charge in [0.25, 0.3) is 0 Å². The lowest BCUT2D eigenvalue weighted by molar-refractivity contribution is -0.0868. The minimum atomic E-state index is -0.687. The van der Waals surface area contributed by atoms with E-state index in [0.29, 0.717) is 0 Å². The van der Waals surface area contributed by atoms with Crippen molar-refractivity contribution in [3.63, 3.8) is 0 Å². The van der Waals surface area contributed by atoms with Gasteiger partial charge in [0.15, 0.2) is 0 Å². The molecule has 3 N–H and O–H groups in total. The second-order valence-electron chi connectivity index (χ2n) is 4.11. The second kappa shape index (κ2) is 2.69. The summed E-state index contributed by atoms with van der Waals surface area (Å²) in [4.78, 5) is 0. The summed E-state index contributed by atoms with van der Waals surface area (Å²) in [5, 5.41) is 28.7. The van der Waals surface area contributed by atoms with Crippen molar-refractivity contribution in [1.29, 1.82) is 0 Å². The Balaban J connectivity index is 2.18. The van der Waals surface area contributed by atoms with Gasteiger partial charge < -0.3 is 15.3 Å². The van der Waals surface area contributed by atoms with E-state index in [2.05, 4.69) is 0 Å². The Morgan fingerprint density at radius 1 is 1.00 bits per heavy atom. The number of aliphatic hydroxyl groups is 3. The molecule has 70 valence electrons. The van der Waals surface area contributed by atoms with E-state index in [1.807, 2.05) is 6.92 Å². The summed E-state index contributed by atoms with van der Waals surface area (Å²) in [7, 11) is 0. The first-order valence-electron chi connectivity index (χ1n) is 4.71. The summed E-state index contributed by atoms with van der Waals surface area (Å²) in [6.45, 7) is 2.02. The van der Waals surface area contributed by atoms with E-state index in [1.165, 1.54) is 0 Å². The summed E-state index contributed by atoms with van der Waals surface area (Å²) in [5.41, 5.74) is 0.